The summed E-state index contributed by atoms with van der Waals surface area (Å²) in [6, 6.07) is 0.806. The minimum atomic E-state index is 0.403. The van der Waals surface area contributed by atoms with Crippen LogP contribution in [0.15, 0.2) is 6.20 Å². The minimum Gasteiger partial charge on any atom is -0.350 e. The number of carbonyl (C=O) groups is 1. The first kappa shape index (κ1) is 10.8. The van der Waals surface area contributed by atoms with Crippen LogP contribution < -0.4 is 4.90 Å². The number of imidazole rings is 1. The zero-order valence-electron chi connectivity index (χ0n) is 10.3. The predicted octanol–water partition coefficient (Wildman–Crippen LogP) is 2.06. The van der Waals surface area contributed by atoms with E-state index in [-0.39, 0.29) is 0 Å². The molecule has 0 radical (unpaired) electrons. The molecule has 3 rings (SSSR count). The zero-order valence-corrected chi connectivity index (χ0v) is 10.3. The van der Waals surface area contributed by atoms with Crippen LogP contribution in [0.4, 0.5) is 5.82 Å². The van der Waals surface area contributed by atoms with E-state index in [1.807, 2.05) is 6.20 Å². The van der Waals surface area contributed by atoms with E-state index in [9.17, 15) is 4.79 Å². The Morgan fingerprint density at radius 3 is 2.71 bits per heavy atom. The van der Waals surface area contributed by atoms with E-state index in [0.717, 1.165) is 43.7 Å². The normalized spacial score (nSPS) is 28.5. The Labute approximate surface area is 101 Å². The molecule has 17 heavy (non-hydrogen) atoms. The summed E-state index contributed by atoms with van der Waals surface area (Å²) >= 11 is 0. The van der Waals surface area contributed by atoms with Crippen LogP contribution in [-0.4, -0.2) is 27.8 Å². The van der Waals surface area contributed by atoms with Crippen molar-refractivity contribution in [3.05, 3.63) is 12.0 Å². The number of ketones is 1. The Morgan fingerprint density at radius 2 is 2.12 bits per heavy atom. The van der Waals surface area contributed by atoms with Crippen LogP contribution in [0.3, 0.4) is 0 Å². The molecule has 2 fully saturated rings. The van der Waals surface area contributed by atoms with E-state index < -0.39 is 0 Å². The highest BCUT2D eigenvalue weighted by molar-refractivity contribution is 5.82. The highest BCUT2D eigenvalue weighted by Crippen LogP contribution is 2.35. The number of aromatic amines is 1. The lowest BCUT2D eigenvalue weighted by molar-refractivity contribution is -0.121. The molecule has 2 unspecified atom stereocenters. The first-order valence-corrected chi connectivity index (χ1v) is 6.62. The monoisotopic (exact) mass is 233 g/mol. The third kappa shape index (κ3) is 1.85. The lowest BCUT2D eigenvalue weighted by Crippen LogP contribution is -2.52. The number of aromatic nitrogens is 2. The zero-order chi connectivity index (χ0) is 11.8. The molecule has 0 aliphatic carbocycles. The molecule has 2 saturated heterocycles. The lowest BCUT2D eigenvalue weighted by atomic mass is 9.84. The summed E-state index contributed by atoms with van der Waals surface area (Å²) in [5.41, 5.74) is 0. The summed E-state index contributed by atoms with van der Waals surface area (Å²) < 4.78 is 0. The molecule has 2 atom stereocenters. The first-order chi connectivity index (χ1) is 8.28. The summed E-state index contributed by atoms with van der Waals surface area (Å²) in [6.07, 6.45) is 7.84. The molecule has 92 valence electrons. The van der Waals surface area contributed by atoms with Gasteiger partial charge in [-0.05, 0) is 19.3 Å². The topological polar surface area (TPSA) is 49.0 Å². The maximum atomic E-state index is 11.7. The summed E-state index contributed by atoms with van der Waals surface area (Å²) in [4.78, 5) is 21.8. The van der Waals surface area contributed by atoms with Crippen molar-refractivity contribution in [2.75, 3.05) is 4.90 Å². The Hall–Kier alpha value is -1.32. The van der Waals surface area contributed by atoms with Crippen molar-refractivity contribution in [2.24, 2.45) is 0 Å². The number of piperidine rings is 2. The molecule has 2 aliphatic heterocycles. The van der Waals surface area contributed by atoms with Crippen LogP contribution in [0.25, 0.3) is 0 Å². The third-order valence-electron chi connectivity index (χ3n) is 4.02. The van der Waals surface area contributed by atoms with Gasteiger partial charge < -0.3 is 9.88 Å². The Bertz CT molecular complexity index is 410. The largest absolute Gasteiger partial charge is 0.350 e. The van der Waals surface area contributed by atoms with Crippen molar-refractivity contribution < 1.29 is 4.79 Å². The summed E-state index contributed by atoms with van der Waals surface area (Å²) in [5, 5.41) is 0. The van der Waals surface area contributed by atoms with Gasteiger partial charge in [0.2, 0.25) is 0 Å². The molecule has 4 heteroatoms. The van der Waals surface area contributed by atoms with Crippen LogP contribution >= 0.6 is 0 Å². The van der Waals surface area contributed by atoms with Crippen LogP contribution in [0.2, 0.25) is 0 Å². The van der Waals surface area contributed by atoms with Crippen molar-refractivity contribution in [1.29, 1.82) is 0 Å². The molecule has 1 aromatic heterocycles. The quantitative estimate of drug-likeness (QED) is 0.850. The predicted molar refractivity (Wildman–Crippen MR) is 66.1 cm³/mol. The highest BCUT2D eigenvalue weighted by Gasteiger charge is 2.38. The van der Waals surface area contributed by atoms with Crippen LogP contribution in [-0.2, 0) is 11.2 Å². The summed E-state index contributed by atoms with van der Waals surface area (Å²) in [7, 11) is 0. The summed E-state index contributed by atoms with van der Waals surface area (Å²) in [5.74, 6) is 2.59. The van der Waals surface area contributed by atoms with Gasteiger partial charge in [0.15, 0.2) is 0 Å². The first-order valence-electron chi connectivity index (χ1n) is 6.62. The molecule has 3 heterocycles. The molecule has 0 amide bonds. The molecule has 1 N–H and O–H groups in total. The van der Waals surface area contributed by atoms with Crippen molar-refractivity contribution in [2.45, 2.75) is 57.5 Å². The Balaban J connectivity index is 1.88. The number of anilines is 1. The number of H-pyrrole nitrogens is 1. The Morgan fingerprint density at radius 1 is 1.41 bits per heavy atom. The van der Waals surface area contributed by atoms with E-state index >= 15 is 0 Å². The number of nitrogens with one attached hydrogen (secondary N) is 1. The second kappa shape index (κ2) is 4.17. The molecule has 4 nitrogen and oxygen atoms in total. The van der Waals surface area contributed by atoms with Gasteiger partial charge in [0.25, 0.3) is 0 Å². The maximum absolute atomic E-state index is 11.7. The fraction of sp³-hybridized carbons (Fsp3) is 0.692. The molecular formula is C13H19N3O. The van der Waals surface area contributed by atoms with Crippen LogP contribution in [0.1, 0.15) is 44.9 Å². The van der Waals surface area contributed by atoms with Gasteiger partial charge in [0.1, 0.15) is 17.4 Å². The van der Waals surface area contributed by atoms with Crippen LogP contribution in [0.5, 0.6) is 0 Å². The van der Waals surface area contributed by atoms with Crippen molar-refractivity contribution in [3.63, 3.8) is 0 Å². The van der Waals surface area contributed by atoms with Gasteiger partial charge in [-0.15, -0.1) is 0 Å². The number of hydrogen-bond donors (Lipinski definition) is 1. The van der Waals surface area contributed by atoms with E-state index in [1.165, 1.54) is 6.42 Å². The van der Waals surface area contributed by atoms with Gasteiger partial charge in [-0.2, -0.15) is 0 Å². The molecular weight excluding hydrogens is 214 g/mol. The molecule has 0 saturated carbocycles. The number of rotatable bonds is 2. The highest BCUT2D eigenvalue weighted by atomic mass is 16.1. The average Bonchev–Trinajstić information content (AvgIpc) is 2.76. The van der Waals surface area contributed by atoms with Gasteiger partial charge in [-0.1, -0.05) is 6.92 Å². The average molecular weight is 233 g/mol. The lowest BCUT2D eigenvalue weighted by Gasteiger charge is -2.46. The van der Waals surface area contributed by atoms with Gasteiger partial charge in [-0.3, -0.25) is 4.79 Å². The number of fused-ring (bicyclic) bond motifs is 2. The molecule has 1 aromatic rings. The van der Waals surface area contributed by atoms with Crippen molar-refractivity contribution in [3.8, 4) is 0 Å². The number of Topliss-reactive ketones (excluding diaryl/α,β-unsaturated/α-hetero) is 1. The minimum absolute atomic E-state index is 0.403. The second-order valence-corrected chi connectivity index (χ2v) is 5.16. The van der Waals surface area contributed by atoms with E-state index in [2.05, 4.69) is 21.8 Å². The van der Waals surface area contributed by atoms with Crippen molar-refractivity contribution in [1.82, 2.24) is 9.97 Å². The Kier molecular flexibility index (Phi) is 2.65. The molecule has 2 bridgehead atoms. The fourth-order valence-electron chi connectivity index (χ4n) is 3.23. The fourth-order valence-corrected chi connectivity index (χ4v) is 3.23. The van der Waals surface area contributed by atoms with E-state index in [4.69, 9.17) is 0 Å². The van der Waals surface area contributed by atoms with Crippen molar-refractivity contribution >= 4 is 11.6 Å². The second-order valence-electron chi connectivity index (χ2n) is 5.16. The van der Waals surface area contributed by atoms with E-state index in [0.29, 0.717) is 17.9 Å². The SMILES string of the molecule is CCc1ncc(N2C3CCCC2CC(=O)C3)[nH]1. The maximum Gasteiger partial charge on any atom is 0.137 e. The molecule has 2 aliphatic rings. The number of hydrogen-bond acceptors (Lipinski definition) is 3. The van der Waals surface area contributed by atoms with Gasteiger partial charge in [0, 0.05) is 31.3 Å². The smallest absolute Gasteiger partial charge is 0.137 e. The van der Waals surface area contributed by atoms with Gasteiger partial charge in [0.05, 0.1) is 6.20 Å². The third-order valence-corrected chi connectivity index (χ3v) is 4.02. The summed E-state index contributed by atoms with van der Waals surface area (Å²) in [6.45, 7) is 2.10. The van der Waals surface area contributed by atoms with Gasteiger partial charge >= 0.3 is 0 Å². The number of carbonyl (C=O) groups excluding carboxylic acids is 1. The van der Waals surface area contributed by atoms with Gasteiger partial charge in [-0.25, -0.2) is 4.98 Å². The number of aryl methyl sites for hydroxylation is 1. The standard InChI is InChI=1S/C13H19N3O/c1-2-12-14-8-13(15-12)16-9-4-3-5-10(16)7-11(17)6-9/h8-10H,2-7H2,1H3,(H,14,15). The number of nitrogens with zero attached hydrogens (tertiary/aromatic N) is 2. The molecule has 0 spiro atoms. The van der Waals surface area contributed by atoms with Crippen LogP contribution in [0, 0.1) is 0 Å². The molecule has 0 aromatic carbocycles. The van der Waals surface area contributed by atoms with E-state index in [1.54, 1.807) is 0 Å².